The summed E-state index contributed by atoms with van der Waals surface area (Å²) in [6.07, 6.45) is 8.05. The quantitative estimate of drug-likeness (QED) is 0.542. The fraction of sp³-hybridized carbons (Fsp3) is 0.750. The van der Waals surface area contributed by atoms with Crippen LogP contribution in [0.1, 0.15) is 51.9 Å². The summed E-state index contributed by atoms with van der Waals surface area (Å²) in [5, 5.41) is 9.63. The minimum Gasteiger partial charge on any atom is -0.389 e. The first-order valence-electron chi connectivity index (χ1n) is 5.66. The maximum absolute atomic E-state index is 11.3. The smallest absolute Gasteiger partial charge is 0.158 e. The molecule has 1 rings (SSSR count). The molecule has 1 fully saturated rings. The van der Waals surface area contributed by atoms with Crippen molar-refractivity contribution in [1.29, 1.82) is 0 Å². The Labute approximate surface area is 86.0 Å². The number of Topliss-reactive ketones (excluding diaryl/α,β-unsaturated/α-hetero) is 1. The van der Waals surface area contributed by atoms with Gasteiger partial charge in [0, 0.05) is 6.42 Å². The minimum absolute atomic E-state index is 0.236. The molecule has 0 saturated heterocycles. The minimum atomic E-state index is -0.404. The third kappa shape index (κ3) is 3.62. The van der Waals surface area contributed by atoms with E-state index >= 15 is 0 Å². The topological polar surface area (TPSA) is 37.3 Å². The number of carbonyl (C=O) groups excluding carboxylic acids is 1. The Hall–Kier alpha value is -0.630. The predicted octanol–water partition coefficient (Wildman–Crippen LogP) is 2.61. The van der Waals surface area contributed by atoms with Crippen LogP contribution in [0.2, 0.25) is 0 Å². The van der Waals surface area contributed by atoms with E-state index in [1.807, 2.05) is 0 Å². The largest absolute Gasteiger partial charge is 0.389 e. The van der Waals surface area contributed by atoms with E-state index in [9.17, 15) is 9.90 Å². The number of unbranched alkanes of at least 4 members (excludes halogenated alkanes) is 2. The van der Waals surface area contributed by atoms with E-state index in [-0.39, 0.29) is 5.78 Å². The number of aliphatic hydroxyl groups excluding tert-OH is 1. The first-order chi connectivity index (χ1) is 6.74. The van der Waals surface area contributed by atoms with Crippen molar-refractivity contribution in [3.8, 4) is 0 Å². The molecule has 1 aliphatic rings. The normalized spacial score (nSPS) is 21.9. The summed E-state index contributed by atoms with van der Waals surface area (Å²) in [4.78, 5) is 11.3. The van der Waals surface area contributed by atoms with Crippen LogP contribution in [0, 0.1) is 0 Å². The van der Waals surface area contributed by atoms with Crippen molar-refractivity contribution in [3.63, 3.8) is 0 Å². The molecule has 0 heterocycles. The molecular formula is C12H20O2. The highest BCUT2D eigenvalue weighted by Crippen LogP contribution is 2.21. The lowest BCUT2D eigenvalue weighted by atomic mass is 10.1. The molecule has 1 atom stereocenters. The van der Waals surface area contributed by atoms with Crippen LogP contribution in [0.4, 0.5) is 0 Å². The van der Waals surface area contributed by atoms with Gasteiger partial charge in [0.25, 0.3) is 0 Å². The number of ketones is 1. The van der Waals surface area contributed by atoms with Crippen molar-refractivity contribution in [2.24, 2.45) is 0 Å². The molecule has 0 aromatic carbocycles. The van der Waals surface area contributed by atoms with Gasteiger partial charge in [-0.3, -0.25) is 4.79 Å². The van der Waals surface area contributed by atoms with E-state index < -0.39 is 6.10 Å². The second kappa shape index (κ2) is 5.97. The number of hydrogen-bond acceptors (Lipinski definition) is 2. The van der Waals surface area contributed by atoms with E-state index in [0.717, 1.165) is 37.7 Å². The molecule has 0 spiro atoms. The van der Waals surface area contributed by atoms with Crippen LogP contribution in [0.25, 0.3) is 0 Å². The molecule has 1 unspecified atom stereocenters. The summed E-state index contributed by atoms with van der Waals surface area (Å²) in [6.45, 7) is 2.14. The molecule has 1 N–H and O–H groups in total. The molecule has 0 aromatic rings. The van der Waals surface area contributed by atoms with Crippen molar-refractivity contribution in [2.75, 3.05) is 0 Å². The maximum Gasteiger partial charge on any atom is 0.158 e. The number of aliphatic hydroxyl groups is 1. The summed E-state index contributed by atoms with van der Waals surface area (Å²) in [5.74, 6) is 0.236. The lowest BCUT2D eigenvalue weighted by Gasteiger charge is -2.05. The van der Waals surface area contributed by atoms with Gasteiger partial charge in [0.1, 0.15) is 0 Å². The van der Waals surface area contributed by atoms with Gasteiger partial charge in [-0.25, -0.2) is 0 Å². The fourth-order valence-corrected chi connectivity index (χ4v) is 1.83. The van der Waals surface area contributed by atoms with Crippen LogP contribution in [0.3, 0.4) is 0 Å². The Morgan fingerprint density at radius 1 is 1.43 bits per heavy atom. The van der Waals surface area contributed by atoms with E-state index in [2.05, 4.69) is 6.92 Å². The second-order valence-electron chi connectivity index (χ2n) is 4.03. The van der Waals surface area contributed by atoms with Gasteiger partial charge in [0.2, 0.25) is 0 Å². The summed E-state index contributed by atoms with van der Waals surface area (Å²) in [6, 6.07) is 0. The van der Waals surface area contributed by atoms with Gasteiger partial charge < -0.3 is 5.11 Å². The molecule has 2 nitrogen and oxygen atoms in total. The van der Waals surface area contributed by atoms with Crippen LogP contribution in [-0.4, -0.2) is 17.0 Å². The lowest BCUT2D eigenvalue weighted by molar-refractivity contribution is -0.114. The van der Waals surface area contributed by atoms with Crippen LogP contribution < -0.4 is 0 Å². The Morgan fingerprint density at radius 3 is 2.79 bits per heavy atom. The molecule has 0 bridgehead atoms. The van der Waals surface area contributed by atoms with Crippen molar-refractivity contribution in [1.82, 2.24) is 0 Å². The third-order valence-electron chi connectivity index (χ3n) is 2.71. The molecule has 0 aromatic heterocycles. The maximum atomic E-state index is 11.3. The number of rotatable bonds is 5. The van der Waals surface area contributed by atoms with Crippen LogP contribution >= 0.6 is 0 Å². The van der Waals surface area contributed by atoms with E-state index in [1.165, 1.54) is 6.42 Å². The molecule has 0 radical (unpaired) electrons. The highest BCUT2D eigenvalue weighted by molar-refractivity contribution is 5.97. The van der Waals surface area contributed by atoms with Gasteiger partial charge in [-0.15, -0.1) is 0 Å². The van der Waals surface area contributed by atoms with Gasteiger partial charge in [-0.2, -0.15) is 0 Å². The molecule has 14 heavy (non-hydrogen) atoms. The highest BCUT2D eigenvalue weighted by atomic mass is 16.3. The van der Waals surface area contributed by atoms with Crippen molar-refractivity contribution >= 4 is 5.78 Å². The zero-order chi connectivity index (χ0) is 10.4. The van der Waals surface area contributed by atoms with Crippen LogP contribution in [0.5, 0.6) is 0 Å². The Morgan fingerprint density at radius 2 is 2.21 bits per heavy atom. The average molecular weight is 196 g/mol. The number of hydrogen-bond donors (Lipinski definition) is 1. The zero-order valence-corrected chi connectivity index (χ0v) is 8.96. The monoisotopic (exact) mass is 196 g/mol. The zero-order valence-electron chi connectivity index (χ0n) is 8.96. The Kier molecular flexibility index (Phi) is 4.88. The molecule has 0 aliphatic heterocycles. The van der Waals surface area contributed by atoms with Gasteiger partial charge in [0.05, 0.1) is 6.10 Å². The van der Waals surface area contributed by atoms with E-state index in [1.54, 1.807) is 6.08 Å². The molecule has 2 heteroatoms. The molecule has 1 aliphatic carbocycles. The molecular weight excluding hydrogens is 176 g/mol. The standard InChI is InChI=1S/C12H20O2/c1-2-3-4-7-11(13)9-10-6-5-8-12(10)14/h9,11,13H,2-8H2,1H3/b10-9-. The third-order valence-corrected chi connectivity index (χ3v) is 2.71. The summed E-state index contributed by atoms with van der Waals surface area (Å²) in [7, 11) is 0. The molecule has 80 valence electrons. The van der Waals surface area contributed by atoms with Crippen molar-refractivity contribution < 1.29 is 9.90 Å². The van der Waals surface area contributed by atoms with Gasteiger partial charge in [-0.1, -0.05) is 26.2 Å². The summed E-state index contributed by atoms with van der Waals surface area (Å²) < 4.78 is 0. The number of carbonyl (C=O) groups is 1. The summed E-state index contributed by atoms with van der Waals surface area (Å²) in [5.41, 5.74) is 0.856. The van der Waals surface area contributed by atoms with Crippen LogP contribution in [0.15, 0.2) is 11.6 Å². The fourth-order valence-electron chi connectivity index (χ4n) is 1.83. The first kappa shape index (κ1) is 11.4. The predicted molar refractivity (Wildman–Crippen MR) is 57.1 cm³/mol. The summed E-state index contributed by atoms with van der Waals surface area (Å²) >= 11 is 0. The van der Waals surface area contributed by atoms with Crippen molar-refractivity contribution in [3.05, 3.63) is 11.6 Å². The Balaban J connectivity index is 2.30. The van der Waals surface area contributed by atoms with Gasteiger partial charge in [-0.05, 0) is 30.9 Å². The SMILES string of the molecule is CCCCCC(O)/C=C1/CCCC1=O. The molecule has 1 saturated carbocycles. The van der Waals surface area contributed by atoms with Gasteiger partial charge >= 0.3 is 0 Å². The number of allylic oxidation sites excluding steroid dienone is 1. The van der Waals surface area contributed by atoms with E-state index in [0.29, 0.717) is 6.42 Å². The van der Waals surface area contributed by atoms with E-state index in [4.69, 9.17) is 0 Å². The first-order valence-corrected chi connectivity index (χ1v) is 5.66. The van der Waals surface area contributed by atoms with Gasteiger partial charge in [0.15, 0.2) is 5.78 Å². The average Bonchev–Trinajstić information content (AvgIpc) is 2.52. The Bertz CT molecular complexity index is 218. The van der Waals surface area contributed by atoms with Crippen LogP contribution in [-0.2, 0) is 4.79 Å². The molecule has 0 amide bonds. The van der Waals surface area contributed by atoms with Crippen molar-refractivity contribution in [2.45, 2.75) is 58.0 Å². The second-order valence-corrected chi connectivity index (χ2v) is 4.03. The highest BCUT2D eigenvalue weighted by Gasteiger charge is 2.17. The lowest BCUT2D eigenvalue weighted by Crippen LogP contribution is -2.05.